The van der Waals surface area contributed by atoms with Crippen LogP contribution in [0.3, 0.4) is 0 Å². The van der Waals surface area contributed by atoms with Gasteiger partial charge in [0.05, 0.1) is 11.5 Å². The fraction of sp³-hybridized carbons (Fsp3) is 0.588. The van der Waals surface area contributed by atoms with Crippen molar-refractivity contribution in [3.63, 3.8) is 0 Å². The highest BCUT2D eigenvalue weighted by Crippen LogP contribution is 2.75. The van der Waals surface area contributed by atoms with Crippen molar-refractivity contribution in [2.45, 2.75) is 38.7 Å². The lowest BCUT2D eigenvalue weighted by Crippen LogP contribution is -2.52. The molecular weight excluding hydrogens is 296 g/mol. The summed E-state index contributed by atoms with van der Waals surface area (Å²) in [6.45, 7) is 5.02. The molecule has 3 fully saturated rings. The van der Waals surface area contributed by atoms with Gasteiger partial charge in [0.15, 0.2) is 5.60 Å². The Bertz CT molecular complexity index is 720. The summed E-state index contributed by atoms with van der Waals surface area (Å²) in [7, 11) is 0. The van der Waals surface area contributed by atoms with Crippen molar-refractivity contribution in [2.24, 2.45) is 16.7 Å². The van der Waals surface area contributed by atoms with Gasteiger partial charge in [0.25, 0.3) is 11.6 Å². The Labute approximate surface area is 134 Å². The van der Waals surface area contributed by atoms with Gasteiger partial charge in [0.1, 0.15) is 0 Å². The summed E-state index contributed by atoms with van der Waals surface area (Å²) >= 11 is 0. The third-order valence-electron chi connectivity index (χ3n) is 6.88. The van der Waals surface area contributed by atoms with Gasteiger partial charge in [-0.1, -0.05) is 19.9 Å². The topological polar surface area (TPSA) is 81.5 Å². The summed E-state index contributed by atoms with van der Waals surface area (Å²) in [5.41, 5.74) is -0.476. The SMILES string of the molecule is C[C@@]12CC[C@@H]3C[C@]1(C(=O)Nc1cccc([N+](=O)[O-])c1)OC[C@]32C. The Morgan fingerprint density at radius 2 is 2.22 bits per heavy atom. The zero-order chi connectivity index (χ0) is 16.5. The monoisotopic (exact) mass is 316 g/mol. The molecule has 3 aliphatic rings. The average molecular weight is 316 g/mol. The van der Waals surface area contributed by atoms with Crippen molar-refractivity contribution < 1.29 is 14.5 Å². The second-order valence-corrected chi connectivity index (χ2v) is 7.57. The van der Waals surface area contributed by atoms with Crippen molar-refractivity contribution in [3.05, 3.63) is 34.4 Å². The summed E-state index contributed by atoms with van der Waals surface area (Å²) in [5, 5.41) is 13.7. The van der Waals surface area contributed by atoms with Crippen molar-refractivity contribution in [3.8, 4) is 0 Å². The highest BCUT2D eigenvalue weighted by molar-refractivity contribution is 5.99. The molecule has 1 aromatic carbocycles. The number of anilines is 1. The maximum atomic E-state index is 13.0. The number of nitro groups is 1. The summed E-state index contributed by atoms with van der Waals surface area (Å²) in [5.74, 6) is 0.364. The second-order valence-electron chi connectivity index (χ2n) is 7.57. The Balaban J connectivity index is 1.64. The van der Waals surface area contributed by atoms with Gasteiger partial charge in [-0.25, -0.2) is 0 Å². The van der Waals surface area contributed by atoms with Crippen molar-refractivity contribution in [1.82, 2.24) is 0 Å². The molecule has 6 heteroatoms. The molecule has 0 radical (unpaired) electrons. The number of carbonyl (C=O) groups excluding carboxylic acids is 1. The zero-order valence-electron chi connectivity index (χ0n) is 13.3. The quantitative estimate of drug-likeness (QED) is 0.686. The first kappa shape index (κ1) is 14.6. The Morgan fingerprint density at radius 1 is 1.43 bits per heavy atom. The van der Waals surface area contributed by atoms with E-state index in [1.165, 1.54) is 12.1 Å². The van der Waals surface area contributed by atoms with Crippen molar-refractivity contribution >= 4 is 17.3 Å². The number of hydrogen-bond acceptors (Lipinski definition) is 4. The van der Waals surface area contributed by atoms with Gasteiger partial charge in [0.2, 0.25) is 0 Å². The Hall–Kier alpha value is -1.95. The lowest BCUT2D eigenvalue weighted by molar-refractivity contribution is -0.384. The predicted octanol–water partition coefficient (Wildman–Crippen LogP) is 3.13. The van der Waals surface area contributed by atoms with Gasteiger partial charge in [0, 0.05) is 28.7 Å². The van der Waals surface area contributed by atoms with Crippen molar-refractivity contribution in [2.75, 3.05) is 11.9 Å². The van der Waals surface area contributed by atoms with Gasteiger partial charge in [-0.2, -0.15) is 0 Å². The van der Waals surface area contributed by atoms with Gasteiger partial charge < -0.3 is 10.1 Å². The maximum absolute atomic E-state index is 13.0. The number of non-ortho nitro benzene ring substituents is 1. The van der Waals surface area contributed by atoms with Gasteiger partial charge >= 0.3 is 0 Å². The molecule has 4 atom stereocenters. The molecule has 1 saturated heterocycles. The number of hydrogen-bond donors (Lipinski definition) is 1. The molecule has 0 aromatic heterocycles. The fourth-order valence-corrected chi connectivity index (χ4v) is 5.19. The fourth-order valence-electron chi connectivity index (χ4n) is 5.19. The van der Waals surface area contributed by atoms with E-state index in [2.05, 4.69) is 19.2 Å². The van der Waals surface area contributed by atoms with E-state index in [-0.39, 0.29) is 22.4 Å². The predicted molar refractivity (Wildman–Crippen MR) is 84.0 cm³/mol. The number of nitrogens with one attached hydrogen (secondary N) is 1. The normalized spacial score (nSPS) is 40.3. The molecule has 4 bridgehead atoms. The molecule has 1 heterocycles. The van der Waals surface area contributed by atoms with E-state index < -0.39 is 10.5 Å². The number of amides is 1. The average Bonchev–Trinajstić information content (AvgIpc) is 2.99. The number of carbonyl (C=O) groups is 1. The molecular formula is C17H20N2O4. The summed E-state index contributed by atoms with van der Waals surface area (Å²) in [6.07, 6.45) is 2.90. The molecule has 1 aliphatic heterocycles. The number of ether oxygens (including phenoxy) is 1. The minimum absolute atomic E-state index is 0.0309. The highest BCUT2D eigenvalue weighted by atomic mass is 16.6. The first-order valence-corrected chi connectivity index (χ1v) is 8.02. The molecule has 2 aliphatic carbocycles. The standard InChI is InChI=1S/C17H20N2O4/c1-15-10-23-17(9-11(15)6-7-16(15,17)2)14(20)18-12-4-3-5-13(8-12)19(21)22/h3-5,8,11H,6-7,9-10H2,1-2H3,(H,18,20)/t11-,15-,16+,17-/m1/s1. The lowest BCUT2D eigenvalue weighted by atomic mass is 9.66. The van der Waals surface area contributed by atoms with Crippen LogP contribution in [0.5, 0.6) is 0 Å². The van der Waals surface area contributed by atoms with E-state index in [1.54, 1.807) is 12.1 Å². The molecule has 122 valence electrons. The minimum Gasteiger partial charge on any atom is -0.364 e. The Morgan fingerprint density at radius 3 is 2.87 bits per heavy atom. The van der Waals surface area contributed by atoms with E-state index in [0.29, 0.717) is 18.2 Å². The second kappa shape index (κ2) is 4.32. The molecule has 1 aromatic rings. The first-order chi connectivity index (χ1) is 10.8. The van der Waals surface area contributed by atoms with E-state index in [4.69, 9.17) is 4.74 Å². The maximum Gasteiger partial charge on any atom is 0.271 e. The van der Waals surface area contributed by atoms with E-state index >= 15 is 0 Å². The molecule has 4 rings (SSSR count). The third kappa shape index (κ3) is 1.59. The number of benzene rings is 1. The van der Waals surface area contributed by atoms with Crippen LogP contribution in [-0.4, -0.2) is 23.0 Å². The molecule has 2 saturated carbocycles. The van der Waals surface area contributed by atoms with Crippen molar-refractivity contribution in [1.29, 1.82) is 0 Å². The molecule has 6 nitrogen and oxygen atoms in total. The molecule has 1 amide bonds. The van der Waals surface area contributed by atoms with E-state index in [0.717, 1.165) is 19.3 Å². The van der Waals surface area contributed by atoms with Crippen LogP contribution in [0.1, 0.15) is 33.1 Å². The van der Waals surface area contributed by atoms with Gasteiger partial charge in [-0.05, 0) is 31.2 Å². The largest absolute Gasteiger partial charge is 0.364 e. The van der Waals surface area contributed by atoms with E-state index in [1.807, 2.05) is 0 Å². The number of rotatable bonds is 3. The number of nitro benzene ring substituents is 1. The van der Waals surface area contributed by atoms with Gasteiger partial charge in [-0.15, -0.1) is 0 Å². The van der Waals surface area contributed by atoms with Crippen LogP contribution in [0.2, 0.25) is 0 Å². The Kier molecular flexibility index (Phi) is 2.75. The summed E-state index contributed by atoms with van der Waals surface area (Å²) in [6, 6.07) is 6.05. The zero-order valence-corrected chi connectivity index (χ0v) is 13.3. The smallest absolute Gasteiger partial charge is 0.271 e. The van der Waals surface area contributed by atoms with Crippen LogP contribution < -0.4 is 5.32 Å². The van der Waals surface area contributed by atoms with Crippen LogP contribution in [0, 0.1) is 26.9 Å². The minimum atomic E-state index is -0.796. The van der Waals surface area contributed by atoms with Crippen LogP contribution >= 0.6 is 0 Å². The van der Waals surface area contributed by atoms with Crippen LogP contribution in [-0.2, 0) is 9.53 Å². The summed E-state index contributed by atoms with van der Waals surface area (Å²) < 4.78 is 6.05. The van der Waals surface area contributed by atoms with E-state index in [9.17, 15) is 14.9 Å². The van der Waals surface area contributed by atoms with Crippen LogP contribution in [0.15, 0.2) is 24.3 Å². The van der Waals surface area contributed by atoms with Gasteiger partial charge in [-0.3, -0.25) is 14.9 Å². The molecule has 23 heavy (non-hydrogen) atoms. The third-order valence-corrected chi connectivity index (χ3v) is 6.88. The molecule has 1 N–H and O–H groups in total. The molecule has 0 unspecified atom stereocenters. The van der Waals surface area contributed by atoms with Crippen LogP contribution in [0.4, 0.5) is 11.4 Å². The highest BCUT2D eigenvalue weighted by Gasteiger charge is 2.78. The number of nitrogens with zero attached hydrogens (tertiary/aromatic N) is 1. The first-order valence-electron chi connectivity index (χ1n) is 8.02. The lowest BCUT2D eigenvalue weighted by Gasteiger charge is -2.39. The summed E-state index contributed by atoms with van der Waals surface area (Å²) in [4.78, 5) is 23.4. The molecule has 0 spiro atoms. The van der Waals surface area contributed by atoms with Crippen LogP contribution in [0.25, 0.3) is 0 Å².